The molecule has 1 aromatic heterocycles. The molecule has 180 valence electrons. The Hall–Kier alpha value is -3.23. The smallest absolute Gasteiger partial charge is 0.337 e. The number of amides is 1. The SMILES string of the molecule is Cc1c(-c2ccc(C(F)(F)F)cc2)c(C(=O)N(C)C2CC2)n(Cc2ccccc2)c1C(F)(F)F. The molecule has 1 fully saturated rings. The molecule has 9 heteroatoms. The summed E-state index contributed by atoms with van der Waals surface area (Å²) >= 11 is 0. The Bertz CT molecular complexity index is 1190. The van der Waals surface area contributed by atoms with E-state index >= 15 is 0 Å². The lowest BCUT2D eigenvalue weighted by molar-refractivity contribution is -0.143. The van der Waals surface area contributed by atoms with Crippen LogP contribution in [0.2, 0.25) is 0 Å². The van der Waals surface area contributed by atoms with Gasteiger partial charge in [0.1, 0.15) is 11.4 Å². The maximum absolute atomic E-state index is 14.3. The van der Waals surface area contributed by atoms with Crippen LogP contribution in [-0.4, -0.2) is 28.5 Å². The molecule has 0 aliphatic heterocycles. The minimum atomic E-state index is -4.78. The lowest BCUT2D eigenvalue weighted by Gasteiger charge is -2.21. The molecule has 3 aromatic rings. The molecule has 34 heavy (non-hydrogen) atoms. The number of carbonyl (C=O) groups is 1. The van der Waals surface area contributed by atoms with Crippen molar-refractivity contribution in [1.82, 2.24) is 9.47 Å². The number of aromatic nitrogens is 1. The van der Waals surface area contributed by atoms with Crippen molar-refractivity contribution in [2.24, 2.45) is 0 Å². The summed E-state index contributed by atoms with van der Waals surface area (Å²) in [6.07, 6.45) is -7.87. The van der Waals surface area contributed by atoms with Gasteiger partial charge in [0.2, 0.25) is 0 Å². The summed E-state index contributed by atoms with van der Waals surface area (Å²) in [5.41, 5.74) is -1.61. The van der Waals surface area contributed by atoms with Crippen LogP contribution in [0.15, 0.2) is 54.6 Å². The molecule has 1 aliphatic carbocycles. The Morgan fingerprint density at radius 2 is 1.53 bits per heavy atom. The van der Waals surface area contributed by atoms with Crippen LogP contribution >= 0.6 is 0 Å². The van der Waals surface area contributed by atoms with E-state index in [1.165, 1.54) is 11.8 Å². The van der Waals surface area contributed by atoms with Crippen LogP contribution < -0.4 is 0 Å². The van der Waals surface area contributed by atoms with Crippen LogP contribution in [0.1, 0.15) is 45.7 Å². The van der Waals surface area contributed by atoms with Gasteiger partial charge < -0.3 is 9.47 Å². The second kappa shape index (κ2) is 8.52. The Morgan fingerprint density at radius 3 is 2.03 bits per heavy atom. The Balaban J connectivity index is 1.96. The van der Waals surface area contributed by atoms with Crippen molar-refractivity contribution < 1.29 is 31.1 Å². The predicted molar refractivity (Wildman–Crippen MR) is 115 cm³/mol. The van der Waals surface area contributed by atoms with Gasteiger partial charge in [0.15, 0.2) is 0 Å². The van der Waals surface area contributed by atoms with E-state index < -0.39 is 29.5 Å². The molecule has 0 spiro atoms. The fourth-order valence-corrected chi connectivity index (χ4v) is 4.23. The van der Waals surface area contributed by atoms with Gasteiger partial charge in [-0.1, -0.05) is 42.5 Å². The fourth-order valence-electron chi connectivity index (χ4n) is 4.23. The van der Waals surface area contributed by atoms with E-state index in [0.717, 1.165) is 41.7 Å². The largest absolute Gasteiger partial charge is 0.431 e. The summed E-state index contributed by atoms with van der Waals surface area (Å²) in [7, 11) is 1.54. The molecule has 2 aromatic carbocycles. The lowest BCUT2D eigenvalue weighted by atomic mass is 9.99. The summed E-state index contributed by atoms with van der Waals surface area (Å²) in [4.78, 5) is 14.9. The van der Waals surface area contributed by atoms with Gasteiger partial charge in [-0.25, -0.2) is 0 Å². The quantitative estimate of drug-likeness (QED) is 0.370. The number of alkyl halides is 6. The van der Waals surface area contributed by atoms with Crippen molar-refractivity contribution in [2.45, 2.75) is 44.7 Å². The van der Waals surface area contributed by atoms with Crippen LogP contribution in [0, 0.1) is 6.92 Å². The minimum Gasteiger partial charge on any atom is -0.337 e. The van der Waals surface area contributed by atoms with Gasteiger partial charge in [0, 0.05) is 25.2 Å². The number of carbonyl (C=O) groups excluding carboxylic acids is 1. The summed E-state index contributed by atoms with van der Waals surface area (Å²) in [6, 6.07) is 12.2. The van der Waals surface area contributed by atoms with Gasteiger partial charge in [-0.2, -0.15) is 26.3 Å². The van der Waals surface area contributed by atoms with E-state index in [0.29, 0.717) is 5.56 Å². The first-order chi connectivity index (χ1) is 15.9. The second-order valence-electron chi connectivity index (χ2n) is 8.49. The van der Waals surface area contributed by atoms with Crippen molar-refractivity contribution >= 4 is 5.91 Å². The minimum absolute atomic E-state index is 0.00511. The van der Waals surface area contributed by atoms with Gasteiger partial charge in [-0.15, -0.1) is 0 Å². The number of hydrogen-bond donors (Lipinski definition) is 0. The second-order valence-corrected chi connectivity index (χ2v) is 8.49. The molecule has 0 unspecified atom stereocenters. The summed E-state index contributed by atoms with van der Waals surface area (Å²) < 4.78 is 83.0. The standard InChI is InChI=1S/C25H22F6N2O/c1-15-20(17-8-10-18(11-9-17)24(26,27)28)21(23(34)32(2)19-12-13-19)33(22(15)25(29,30)31)14-16-6-4-3-5-7-16/h3-11,19H,12-14H2,1-2H3. The highest BCUT2D eigenvalue weighted by Crippen LogP contribution is 2.43. The third-order valence-corrected chi connectivity index (χ3v) is 6.08. The van der Waals surface area contributed by atoms with Gasteiger partial charge in [0.25, 0.3) is 5.91 Å². The highest BCUT2D eigenvalue weighted by molar-refractivity contribution is 6.01. The van der Waals surface area contributed by atoms with Gasteiger partial charge >= 0.3 is 12.4 Å². The number of nitrogens with zero attached hydrogens (tertiary/aromatic N) is 2. The third-order valence-electron chi connectivity index (χ3n) is 6.08. The number of halogens is 6. The number of benzene rings is 2. The van der Waals surface area contributed by atoms with Gasteiger partial charge in [0.05, 0.1) is 5.56 Å². The van der Waals surface area contributed by atoms with Gasteiger partial charge in [-0.3, -0.25) is 4.79 Å². The van der Waals surface area contributed by atoms with E-state index in [1.807, 2.05) is 0 Å². The van der Waals surface area contributed by atoms with Crippen molar-refractivity contribution in [3.8, 4) is 11.1 Å². The Morgan fingerprint density at radius 1 is 0.941 bits per heavy atom. The highest BCUT2D eigenvalue weighted by Gasteiger charge is 2.43. The molecule has 1 amide bonds. The lowest BCUT2D eigenvalue weighted by Crippen LogP contribution is -2.32. The van der Waals surface area contributed by atoms with E-state index in [-0.39, 0.29) is 35.0 Å². The summed E-state index contributed by atoms with van der Waals surface area (Å²) in [6.45, 7) is 1.04. The fraction of sp³-hybridized carbons (Fsp3) is 0.320. The molecule has 3 nitrogen and oxygen atoms in total. The average molecular weight is 480 g/mol. The predicted octanol–water partition coefficient (Wildman–Crippen LogP) is 6.78. The van der Waals surface area contributed by atoms with Crippen LogP contribution in [-0.2, 0) is 18.9 Å². The molecule has 0 radical (unpaired) electrons. The zero-order chi connectivity index (χ0) is 24.8. The first-order valence-corrected chi connectivity index (χ1v) is 10.7. The molecule has 0 N–H and O–H groups in total. The zero-order valence-corrected chi connectivity index (χ0v) is 18.5. The molecule has 0 atom stereocenters. The van der Waals surface area contributed by atoms with Crippen LogP contribution in [0.25, 0.3) is 11.1 Å². The topological polar surface area (TPSA) is 25.2 Å². The van der Waals surface area contributed by atoms with E-state index in [1.54, 1.807) is 37.4 Å². The Kier molecular flexibility index (Phi) is 5.99. The zero-order valence-electron chi connectivity index (χ0n) is 18.5. The molecule has 1 saturated carbocycles. The molecule has 1 aliphatic rings. The monoisotopic (exact) mass is 480 g/mol. The van der Waals surface area contributed by atoms with E-state index in [9.17, 15) is 31.1 Å². The summed E-state index contributed by atoms with van der Waals surface area (Å²) in [5, 5.41) is 0. The normalized spacial score (nSPS) is 14.4. The van der Waals surface area contributed by atoms with Crippen molar-refractivity contribution in [3.63, 3.8) is 0 Å². The van der Waals surface area contributed by atoms with Crippen LogP contribution in [0.4, 0.5) is 26.3 Å². The average Bonchev–Trinajstić information content (AvgIpc) is 3.56. The first-order valence-electron chi connectivity index (χ1n) is 10.7. The molecule has 0 saturated heterocycles. The van der Waals surface area contributed by atoms with Crippen LogP contribution in [0.5, 0.6) is 0 Å². The first kappa shape index (κ1) is 23.9. The van der Waals surface area contributed by atoms with Gasteiger partial charge in [-0.05, 0) is 48.6 Å². The van der Waals surface area contributed by atoms with E-state index in [4.69, 9.17) is 0 Å². The summed E-state index contributed by atoms with van der Waals surface area (Å²) in [5.74, 6) is -0.591. The molecule has 1 heterocycles. The van der Waals surface area contributed by atoms with Crippen molar-refractivity contribution in [3.05, 3.63) is 82.7 Å². The van der Waals surface area contributed by atoms with E-state index in [2.05, 4.69) is 0 Å². The maximum atomic E-state index is 14.3. The molecular formula is C25H22F6N2O. The van der Waals surface area contributed by atoms with Crippen molar-refractivity contribution in [2.75, 3.05) is 7.05 Å². The highest BCUT2D eigenvalue weighted by atomic mass is 19.4. The Labute approximate surface area is 192 Å². The maximum Gasteiger partial charge on any atom is 0.431 e. The molecular weight excluding hydrogens is 458 g/mol. The number of rotatable bonds is 5. The molecule has 0 bridgehead atoms. The number of hydrogen-bond acceptors (Lipinski definition) is 1. The van der Waals surface area contributed by atoms with Crippen molar-refractivity contribution in [1.29, 1.82) is 0 Å². The third kappa shape index (κ3) is 4.56. The molecule has 4 rings (SSSR count). The van der Waals surface area contributed by atoms with Crippen LogP contribution in [0.3, 0.4) is 0 Å².